The van der Waals surface area contributed by atoms with E-state index < -0.39 is 21.5 Å². The van der Waals surface area contributed by atoms with Crippen LogP contribution in [0.5, 0.6) is 0 Å². The van der Waals surface area contributed by atoms with Crippen molar-refractivity contribution in [2.24, 2.45) is 0 Å². The van der Waals surface area contributed by atoms with Crippen LogP contribution in [0.15, 0.2) is 71.8 Å². The number of aromatic nitrogens is 2. The predicted octanol–water partition coefficient (Wildman–Crippen LogP) is 3.31. The normalized spacial score (nSPS) is 12.0. The standard InChI is InChI=1S/C21H23N3O4S/c1-21(2,3)23-29(26,27)19-11-9-16(10-12-19)20(25)28-15-17-13-14-24(22-17)18-7-5-4-6-8-18/h4-14,23H,15H2,1-3H3. The summed E-state index contributed by atoms with van der Waals surface area (Å²) in [5.74, 6) is -0.549. The summed E-state index contributed by atoms with van der Waals surface area (Å²) in [4.78, 5) is 12.4. The molecule has 2 aromatic carbocycles. The number of carbonyl (C=O) groups excluding carboxylic acids is 1. The number of nitrogens with one attached hydrogen (secondary N) is 1. The molecule has 3 rings (SSSR count). The first kappa shape index (κ1) is 20.8. The molecule has 1 N–H and O–H groups in total. The Bertz CT molecular complexity index is 1080. The number of para-hydroxylation sites is 1. The molecule has 0 unspecified atom stereocenters. The first-order chi connectivity index (χ1) is 13.6. The molecule has 152 valence electrons. The van der Waals surface area contributed by atoms with E-state index in [9.17, 15) is 13.2 Å². The quantitative estimate of drug-likeness (QED) is 0.626. The van der Waals surface area contributed by atoms with E-state index in [2.05, 4.69) is 9.82 Å². The number of esters is 1. The molecule has 0 fully saturated rings. The molecule has 29 heavy (non-hydrogen) atoms. The Kier molecular flexibility index (Phi) is 5.86. The third-order valence-electron chi connectivity index (χ3n) is 3.86. The third-order valence-corrected chi connectivity index (χ3v) is 5.63. The zero-order valence-corrected chi connectivity index (χ0v) is 17.3. The monoisotopic (exact) mass is 413 g/mol. The summed E-state index contributed by atoms with van der Waals surface area (Å²) in [7, 11) is -3.65. The van der Waals surface area contributed by atoms with Crippen molar-refractivity contribution in [3.63, 3.8) is 0 Å². The molecule has 3 aromatic rings. The van der Waals surface area contributed by atoms with E-state index in [-0.39, 0.29) is 17.1 Å². The van der Waals surface area contributed by atoms with E-state index in [1.54, 1.807) is 37.7 Å². The molecule has 0 atom stereocenters. The van der Waals surface area contributed by atoms with Crippen molar-refractivity contribution in [1.29, 1.82) is 0 Å². The number of hydrogen-bond donors (Lipinski definition) is 1. The summed E-state index contributed by atoms with van der Waals surface area (Å²) in [6, 6.07) is 17.0. The van der Waals surface area contributed by atoms with Gasteiger partial charge in [0.2, 0.25) is 10.0 Å². The smallest absolute Gasteiger partial charge is 0.338 e. The fourth-order valence-corrected chi connectivity index (χ4v) is 4.04. The molecule has 0 saturated heterocycles. The summed E-state index contributed by atoms with van der Waals surface area (Å²) >= 11 is 0. The van der Waals surface area contributed by atoms with Crippen LogP contribution in [0.25, 0.3) is 5.69 Å². The molecule has 0 aliphatic heterocycles. The van der Waals surface area contributed by atoms with Crippen molar-refractivity contribution in [3.05, 3.63) is 78.1 Å². The van der Waals surface area contributed by atoms with Crippen molar-refractivity contribution in [2.45, 2.75) is 37.8 Å². The Morgan fingerprint density at radius 2 is 1.69 bits per heavy atom. The van der Waals surface area contributed by atoms with Crippen molar-refractivity contribution in [3.8, 4) is 5.69 Å². The Hall–Kier alpha value is -2.97. The zero-order valence-electron chi connectivity index (χ0n) is 16.5. The summed E-state index contributed by atoms with van der Waals surface area (Å²) in [6.45, 7) is 5.30. The van der Waals surface area contributed by atoms with Gasteiger partial charge in [0, 0.05) is 11.7 Å². The van der Waals surface area contributed by atoms with Crippen molar-refractivity contribution in [1.82, 2.24) is 14.5 Å². The average molecular weight is 413 g/mol. The molecule has 0 bridgehead atoms. The van der Waals surface area contributed by atoms with Gasteiger partial charge >= 0.3 is 5.97 Å². The van der Waals surface area contributed by atoms with Gasteiger partial charge in [-0.25, -0.2) is 22.6 Å². The van der Waals surface area contributed by atoms with Crippen LogP contribution >= 0.6 is 0 Å². The SMILES string of the molecule is CC(C)(C)NS(=O)(=O)c1ccc(C(=O)OCc2ccn(-c3ccccc3)n2)cc1. The Labute approximate surface area is 170 Å². The highest BCUT2D eigenvalue weighted by Crippen LogP contribution is 2.15. The van der Waals surface area contributed by atoms with Gasteiger partial charge in [-0.15, -0.1) is 0 Å². The fraction of sp³-hybridized carbons (Fsp3) is 0.238. The molecule has 0 amide bonds. The second kappa shape index (κ2) is 8.18. The van der Waals surface area contributed by atoms with Crippen LogP contribution in [-0.2, 0) is 21.4 Å². The number of hydrogen-bond acceptors (Lipinski definition) is 5. The lowest BCUT2D eigenvalue weighted by atomic mass is 10.1. The molecular weight excluding hydrogens is 390 g/mol. The maximum Gasteiger partial charge on any atom is 0.338 e. The second-order valence-corrected chi connectivity index (χ2v) is 9.23. The summed E-state index contributed by atoms with van der Waals surface area (Å²) < 4.78 is 34.2. The third kappa shape index (κ3) is 5.52. The highest BCUT2D eigenvalue weighted by molar-refractivity contribution is 7.89. The molecule has 7 nitrogen and oxygen atoms in total. The van der Waals surface area contributed by atoms with E-state index in [1.165, 1.54) is 24.3 Å². The van der Waals surface area contributed by atoms with Gasteiger partial charge in [0.1, 0.15) is 12.3 Å². The maximum absolute atomic E-state index is 12.3. The molecule has 0 radical (unpaired) electrons. The van der Waals surface area contributed by atoms with Crippen molar-refractivity contribution in [2.75, 3.05) is 0 Å². The predicted molar refractivity (Wildman–Crippen MR) is 109 cm³/mol. The summed E-state index contributed by atoms with van der Waals surface area (Å²) in [5.41, 5.74) is 1.18. The van der Waals surface area contributed by atoms with Crippen LogP contribution in [0.3, 0.4) is 0 Å². The first-order valence-electron chi connectivity index (χ1n) is 9.05. The minimum atomic E-state index is -3.65. The van der Waals surface area contributed by atoms with Crippen LogP contribution in [0.1, 0.15) is 36.8 Å². The second-order valence-electron chi connectivity index (χ2n) is 7.54. The van der Waals surface area contributed by atoms with Gasteiger partial charge < -0.3 is 4.74 Å². The summed E-state index contributed by atoms with van der Waals surface area (Å²) in [6.07, 6.45) is 1.79. The van der Waals surface area contributed by atoms with Gasteiger partial charge in [0.25, 0.3) is 0 Å². The maximum atomic E-state index is 12.3. The number of nitrogens with zero attached hydrogens (tertiary/aromatic N) is 2. The minimum Gasteiger partial charge on any atom is -0.456 e. The van der Waals surface area contributed by atoms with Crippen LogP contribution in [0, 0.1) is 0 Å². The van der Waals surface area contributed by atoms with Gasteiger partial charge in [-0.2, -0.15) is 5.10 Å². The van der Waals surface area contributed by atoms with Crippen LogP contribution in [0.4, 0.5) is 0 Å². The number of rotatable bonds is 6. The molecule has 0 spiro atoms. The van der Waals surface area contributed by atoms with Crippen LogP contribution in [0.2, 0.25) is 0 Å². The number of benzene rings is 2. The Balaban J connectivity index is 1.62. The van der Waals surface area contributed by atoms with E-state index in [0.29, 0.717) is 5.69 Å². The van der Waals surface area contributed by atoms with Gasteiger partial charge in [-0.3, -0.25) is 0 Å². The van der Waals surface area contributed by atoms with Crippen LogP contribution < -0.4 is 4.72 Å². The molecule has 1 aromatic heterocycles. The van der Waals surface area contributed by atoms with Crippen LogP contribution in [-0.4, -0.2) is 29.7 Å². The number of carbonyl (C=O) groups is 1. The lowest BCUT2D eigenvalue weighted by Gasteiger charge is -2.20. The largest absolute Gasteiger partial charge is 0.456 e. The zero-order chi connectivity index (χ0) is 21.1. The molecule has 8 heteroatoms. The lowest BCUT2D eigenvalue weighted by molar-refractivity contribution is 0.0467. The summed E-state index contributed by atoms with van der Waals surface area (Å²) in [5, 5.41) is 4.38. The van der Waals surface area contributed by atoms with Crippen molar-refractivity contribution < 1.29 is 17.9 Å². The lowest BCUT2D eigenvalue weighted by Crippen LogP contribution is -2.40. The van der Waals surface area contributed by atoms with E-state index in [1.807, 2.05) is 30.3 Å². The van der Waals surface area contributed by atoms with E-state index in [0.717, 1.165) is 5.69 Å². The fourth-order valence-electron chi connectivity index (χ4n) is 2.62. The molecule has 0 aliphatic rings. The van der Waals surface area contributed by atoms with Gasteiger partial charge in [-0.05, 0) is 63.2 Å². The van der Waals surface area contributed by atoms with Gasteiger partial charge in [-0.1, -0.05) is 18.2 Å². The van der Waals surface area contributed by atoms with Gasteiger partial charge in [0.05, 0.1) is 16.1 Å². The van der Waals surface area contributed by atoms with E-state index >= 15 is 0 Å². The van der Waals surface area contributed by atoms with E-state index in [4.69, 9.17) is 4.74 Å². The molecule has 0 saturated carbocycles. The topological polar surface area (TPSA) is 90.3 Å². The first-order valence-corrected chi connectivity index (χ1v) is 10.5. The van der Waals surface area contributed by atoms with Gasteiger partial charge in [0.15, 0.2) is 0 Å². The Morgan fingerprint density at radius 1 is 1.03 bits per heavy atom. The Morgan fingerprint density at radius 3 is 2.31 bits per heavy atom. The number of sulfonamides is 1. The average Bonchev–Trinajstić information content (AvgIpc) is 3.14. The molecule has 1 heterocycles. The van der Waals surface area contributed by atoms with Crippen molar-refractivity contribution >= 4 is 16.0 Å². The minimum absolute atomic E-state index is 0.0182. The highest BCUT2D eigenvalue weighted by atomic mass is 32.2. The number of ether oxygens (including phenoxy) is 1. The molecule has 0 aliphatic carbocycles. The highest BCUT2D eigenvalue weighted by Gasteiger charge is 2.22. The molecular formula is C21H23N3O4S.